The van der Waals surface area contributed by atoms with Gasteiger partial charge in [0, 0.05) is 13.7 Å². The van der Waals surface area contributed by atoms with Crippen molar-refractivity contribution in [2.75, 3.05) is 20.3 Å². The van der Waals surface area contributed by atoms with E-state index in [2.05, 4.69) is 5.32 Å². The number of ether oxygens (including phenoxy) is 1. The Bertz CT molecular complexity index is 439. The van der Waals surface area contributed by atoms with E-state index in [-0.39, 0.29) is 10.8 Å². The summed E-state index contributed by atoms with van der Waals surface area (Å²) < 4.78 is 30.2. The summed E-state index contributed by atoms with van der Waals surface area (Å²) in [6.45, 7) is 2.23. The molecule has 1 aromatic rings. The Kier molecular flexibility index (Phi) is 5.94. The molecule has 2 unspecified atom stereocenters. The van der Waals surface area contributed by atoms with E-state index in [0.717, 1.165) is 0 Å². The molecule has 6 heteroatoms. The Morgan fingerprint density at radius 2 is 2.17 bits per heavy atom. The van der Waals surface area contributed by atoms with Crippen molar-refractivity contribution in [1.29, 1.82) is 0 Å². The van der Waals surface area contributed by atoms with Gasteiger partial charge in [-0.3, -0.25) is 9.00 Å². The van der Waals surface area contributed by atoms with Crippen LogP contribution in [0.5, 0.6) is 0 Å². The Morgan fingerprint density at radius 3 is 2.78 bits per heavy atom. The van der Waals surface area contributed by atoms with E-state index >= 15 is 0 Å². The van der Waals surface area contributed by atoms with Crippen LogP contribution in [0.2, 0.25) is 0 Å². The van der Waals surface area contributed by atoms with Gasteiger partial charge in [-0.05, 0) is 19.1 Å². The van der Waals surface area contributed by atoms with Crippen LogP contribution in [-0.4, -0.2) is 35.6 Å². The van der Waals surface area contributed by atoms with Crippen molar-refractivity contribution in [2.45, 2.75) is 17.1 Å². The smallest absolute Gasteiger partial charge is 0.235 e. The summed E-state index contributed by atoms with van der Waals surface area (Å²) in [5.74, 6) is -0.944. The third kappa shape index (κ3) is 3.89. The number of nitrogens with one attached hydrogen (secondary N) is 1. The van der Waals surface area contributed by atoms with E-state index in [1.165, 1.54) is 32.2 Å². The van der Waals surface area contributed by atoms with Crippen LogP contribution in [0.3, 0.4) is 0 Å². The zero-order chi connectivity index (χ0) is 13.5. The summed E-state index contributed by atoms with van der Waals surface area (Å²) in [5, 5.41) is 1.77. The third-order valence-corrected chi connectivity index (χ3v) is 3.97. The molecular formula is C12H16FNO3S. The molecule has 0 spiro atoms. The van der Waals surface area contributed by atoms with Crippen molar-refractivity contribution in [3.8, 4) is 0 Å². The van der Waals surface area contributed by atoms with Crippen molar-refractivity contribution >= 4 is 16.7 Å². The van der Waals surface area contributed by atoms with Gasteiger partial charge >= 0.3 is 0 Å². The summed E-state index contributed by atoms with van der Waals surface area (Å²) in [5.41, 5.74) is 0. The Hall–Kier alpha value is -1.27. The number of rotatable bonds is 6. The molecule has 1 rings (SSSR count). The maximum Gasteiger partial charge on any atom is 0.235 e. The van der Waals surface area contributed by atoms with Crippen LogP contribution in [0.25, 0.3) is 0 Å². The molecule has 0 aliphatic rings. The van der Waals surface area contributed by atoms with E-state index < -0.39 is 21.9 Å². The maximum absolute atomic E-state index is 13.4. The number of benzene rings is 1. The summed E-state index contributed by atoms with van der Waals surface area (Å²) in [7, 11) is -0.182. The number of amides is 1. The number of hydrogen-bond acceptors (Lipinski definition) is 3. The second-order valence-electron chi connectivity index (χ2n) is 3.65. The molecule has 100 valence electrons. The number of halogens is 1. The van der Waals surface area contributed by atoms with Crippen LogP contribution < -0.4 is 5.32 Å². The fraction of sp³-hybridized carbons (Fsp3) is 0.417. The quantitative estimate of drug-likeness (QED) is 0.789. The van der Waals surface area contributed by atoms with Gasteiger partial charge in [0.2, 0.25) is 5.91 Å². The first-order chi connectivity index (χ1) is 8.57. The lowest BCUT2D eigenvalue weighted by atomic mass is 10.3. The lowest BCUT2D eigenvalue weighted by Crippen LogP contribution is -2.37. The molecule has 0 aromatic heterocycles. The molecule has 0 bridgehead atoms. The SMILES string of the molecule is COCCNC(=O)C(C)S(=O)c1ccccc1F. The van der Waals surface area contributed by atoms with Crippen LogP contribution >= 0.6 is 0 Å². The van der Waals surface area contributed by atoms with E-state index in [4.69, 9.17) is 4.74 Å². The van der Waals surface area contributed by atoms with Crippen molar-refractivity contribution in [3.63, 3.8) is 0 Å². The topological polar surface area (TPSA) is 55.4 Å². The molecular weight excluding hydrogens is 257 g/mol. The van der Waals surface area contributed by atoms with E-state index in [1.54, 1.807) is 6.07 Å². The van der Waals surface area contributed by atoms with Gasteiger partial charge in [-0.25, -0.2) is 4.39 Å². The third-order valence-electron chi connectivity index (χ3n) is 2.35. The number of carbonyl (C=O) groups excluding carboxylic acids is 1. The average Bonchev–Trinajstić information content (AvgIpc) is 2.38. The second-order valence-corrected chi connectivity index (χ2v) is 5.40. The molecule has 0 fully saturated rings. The molecule has 4 nitrogen and oxygen atoms in total. The fourth-order valence-electron chi connectivity index (χ4n) is 1.32. The molecule has 0 radical (unpaired) electrons. The van der Waals surface area contributed by atoms with Crippen LogP contribution in [0.1, 0.15) is 6.92 Å². The molecule has 1 amide bonds. The largest absolute Gasteiger partial charge is 0.383 e. The van der Waals surface area contributed by atoms with Crippen molar-refractivity contribution in [3.05, 3.63) is 30.1 Å². The molecule has 1 aromatic carbocycles. The summed E-state index contributed by atoms with van der Waals surface area (Å²) in [6.07, 6.45) is 0. The van der Waals surface area contributed by atoms with E-state index in [0.29, 0.717) is 13.2 Å². The normalized spacial score (nSPS) is 13.9. The lowest BCUT2D eigenvalue weighted by Gasteiger charge is -2.12. The van der Waals surface area contributed by atoms with Gasteiger partial charge in [0.15, 0.2) is 0 Å². The predicted octanol–water partition coefficient (Wildman–Crippen LogP) is 1.08. The standard InChI is InChI=1S/C12H16FNO3S/c1-9(12(15)14-7-8-17-2)18(16)11-6-4-3-5-10(11)13/h3-6,9H,7-8H2,1-2H3,(H,14,15). The van der Waals surface area contributed by atoms with Gasteiger partial charge in [-0.15, -0.1) is 0 Å². The lowest BCUT2D eigenvalue weighted by molar-refractivity contribution is -0.120. The number of methoxy groups -OCH3 is 1. The average molecular weight is 273 g/mol. The minimum Gasteiger partial charge on any atom is -0.383 e. The maximum atomic E-state index is 13.4. The number of carbonyl (C=O) groups is 1. The fourth-order valence-corrected chi connectivity index (χ4v) is 2.45. The van der Waals surface area contributed by atoms with Crippen LogP contribution in [-0.2, 0) is 20.3 Å². The molecule has 0 aliphatic carbocycles. The first kappa shape index (κ1) is 14.8. The molecule has 1 N–H and O–H groups in total. The highest BCUT2D eigenvalue weighted by Gasteiger charge is 2.23. The molecule has 0 saturated heterocycles. The molecule has 0 saturated carbocycles. The minimum atomic E-state index is -1.70. The van der Waals surface area contributed by atoms with Crippen LogP contribution in [0, 0.1) is 5.82 Å². The van der Waals surface area contributed by atoms with Crippen LogP contribution in [0.4, 0.5) is 4.39 Å². The Morgan fingerprint density at radius 1 is 1.50 bits per heavy atom. The van der Waals surface area contributed by atoms with Gasteiger partial charge < -0.3 is 10.1 Å². The van der Waals surface area contributed by atoms with E-state index in [1.807, 2.05) is 0 Å². The van der Waals surface area contributed by atoms with Gasteiger partial charge in [0.05, 0.1) is 22.3 Å². The predicted molar refractivity (Wildman–Crippen MR) is 67.2 cm³/mol. The first-order valence-corrected chi connectivity index (χ1v) is 6.71. The Labute approximate surface area is 108 Å². The number of hydrogen-bond donors (Lipinski definition) is 1. The van der Waals surface area contributed by atoms with Crippen molar-refractivity contribution in [2.24, 2.45) is 0 Å². The second kappa shape index (κ2) is 7.23. The highest BCUT2D eigenvalue weighted by atomic mass is 32.2. The van der Waals surface area contributed by atoms with Crippen molar-refractivity contribution in [1.82, 2.24) is 5.32 Å². The molecule has 18 heavy (non-hydrogen) atoms. The zero-order valence-electron chi connectivity index (χ0n) is 10.3. The summed E-state index contributed by atoms with van der Waals surface area (Å²) in [6, 6.07) is 5.75. The van der Waals surface area contributed by atoms with E-state index in [9.17, 15) is 13.4 Å². The van der Waals surface area contributed by atoms with Crippen molar-refractivity contribution < 1.29 is 18.1 Å². The highest BCUT2D eigenvalue weighted by molar-refractivity contribution is 7.86. The molecule has 0 heterocycles. The van der Waals surface area contributed by atoms with Gasteiger partial charge in [-0.2, -0.15) is 0 Å². The van der Waals surface area contributed by atoms with Crippen LogP contribution in [0.15, 0.2) is 29.2 Å². The van der Waals surface area contributed by atoms with Gasteiger partial charge in [0.1, 0.15) is 11.1 Å². The minimum absolute atomic E-state index is 0.0480. The first-order valence-electron chi connectivity index (χ1n) is 5.49. The monoisotopic (exact) mass is 273 g/mol. The zero-order valence-corrected chi connectivity index (χ0v) is 11.1. The highest BCUT2D eigenvalue weighted by Crippen LogP contribution is 2.15. The summed E-state index contributed by atoms with van der Waals surface area (Å²) >= 11 is 0. The van der Waals surface area contributed by atoms with Gasteiger partial charge in [0.25, 0.3) is 0 Å². The Balaban J connectivity index is 2.67. The molecule has 0 aliphatic heterocycles. The molecule has 2 atom stereocenters. The van der Waals surface area contributed by atoms with Gasteiger partial charge in [-0.1, -0.05) is 12.1 Å². The summed E-state index contributed by atoms with van der Waals surface area (Å²) in [4.78, 5) is 11.7.